The van der Waals surface area contributed by atoms with Gasteiger partial charge in [0.25, 0.3) is 0 Å². The summed E-state index contributed by atoms with van der Waals surface area (Å²) < 4.78 is 0. The van der Waals surface area contributed by atoms with Gasteiger partial charge in [0.1, 0.15) is 6.67 Å². The Kier molecular flexibility index (Phi) is 6.57. The predicted molar refractivity (Wildman–Crippen MR) is 74.2 cm³/mol. The lowest BCUT2D eigenvalue weighted by atomic mass is 9.76. The zero-order chi connectivity index (χ0) is 13.3. The van der Waals surface area contributed by atoms with Crippen molar-refractivity contribution in [1.29, 1.82) is 0 Å². The van der Waals surface area contributed by atoms with Crippen LogP contribution >= 0.6 is 0 Å². The van der Waals surface area contributed by atoms with E-state index in [1.165, 1.54) is 0 Å². The first-order chi connectivity index (χ1) is 8.81. The Hall–Kier alpha value is -1.23. The normalized spacial score (nSPS) is 24.7. The molecule has 0 radical (unpaired) electrons. The number of carbonyl (C=O) groups excluding carboxylic acids is 1. The first-order valence-electron chi connectivity index (χ1n) is 6.87. The minimum absolute atomic E-state index is 0.0838. The van der Waals surface area contributed by atoms with Crippen LogP contribution in [-0.2, 0) is 4.79 Å². The molecule has 5 heteroatoms. The smallest absolute Gasteiger partial charge is 0.222 e. The summed E-state index contributed by atoms with van der Waals surface area (Å²) >= 11 is 0. The van der Waals surface area contributed by atoms with E-state index in [2.05, 4.69) is 20.6 Å². The van der Waals surface area contributed by atoms with Crippen molar-refractivity contribution in [3.05, 3.63) is 0 Å². The molecule has 0 aliphatic carbocycles. The summed E-state index contributed by atoms with van der Waals surface area (Å²) in [6.07, 6.45) is 6.16. The van der Waals surface area contributed by atoms with E-state index >= 15 is 0 Å². The van der Waals surface area contributed by atoms with E-state index in [4.69, 9.17) is 0 Å². The van der Waals surface area contributed by atoms with Crippen molar-refractivity contribution in [1.82, 2.24) is 5.32 Å². The number of aliphatic imine (C=N–C) groups is 2. The number of amides is 1. The largest absolute Gasteiger partial charge is 0.346 e. The molecule has 1 saturated heterocycles. The van der Waals surface area contributed by atoms with E-state index < -0.39 is 0 Å². The lowest BCUT2D eigenvalue weighted by Gasteiger charge is -2.34. The Balaban J connectivity index is 0.000000771. The molecule has 1 fully saturated rings. The summed E-state index contributed by atoms with van der Waals surface area (Å²) in [5.41, 5.74) is 0.0838. The van der Waals surface area contributed by atoms with Gasteiger partial charge >= 0.3 is 0 Å². The van der Waals surface area contributed by atoms with Gasteiger partial charge in [0.05, 0.1) is 13.1 Å². The highest BCUT2D eigenvalue weighted by molar-refractivity contribution is 6.16. The third-order valence-corrected chi connectivity index (χ3v) is 3.36. The van der Waals surface area contributed by atoms with Gasteiger partial charge in [0.15, 0.2) is 0 Å². The molecule has 0 saturated carbocycles. The Bertz CT molecular complexity index is 306. The Morgan fingerprint density at radius 3 is 2.61 bits per heavy atom. The van der Waals surface area contributed by atoms with Gasteiger partial charge in [-0.25, -0.2) is 0 Å². The molecular weight excluding hydrogens is 228 g/mol. The van der Waals surface area contributed by atoms with Crippen molar-refractivity contribution in [2.24, 2.45) is 15.4 Å². The maximum absolute atomic E-state index is 11.7. The number of quaternary nitrogens is 1. The second-order valence-corrected chi connectivity index (χ2v) is 4.62. The highest BCUT2D eigenvalue weighted by Gasteiger charge is 2.35. The van der Waals surface area contributed by atoms with Crippen LogP contribution in [0.25, 0.3) is 0 Å². The topological polar surface area (TPSA) is 70.4 Å². The molecule has 1 spiro atoms. The van der Waals surface area contributed by atoms with Gasteiger partial charge in [-0.15, -0.1) is 0 Å². The van der Waals surface area contributed by atoms with Gasteiger partial charge in [0, 0.05) is 43.7 Å². The molecule has 0 aromatic rings. The molecule has 18 heavy (non-hydrogen) atoms. The second-order valence-electron chi connectivity index (χ2n) is 4.62. The molecule has 5 nitrogen and oxygen atoms in total. The minimum atomic E-state index is 0.0838. The van der Waals surface area contributed by atoms with Crippen molar-refractivity contribution >= 4 is 18.3 Å². The first-order valence-corrected chi connectivity index (χ1v) is 6.87. The van der Waals surface area contributed by atoms with E-state index in [0.29, 0.717) is 13.1 Å². The maximum Gasteiger partial charge on any atom is 0.222 e. The number of hydrogen-bond donors (Lipinski definition) is 2. The van der Waals surface area contributed by atoms with Gasteiger partial charge in [0.2, 0.25) is 5.91 Å². The zero-order valence-electron chi connectivity index (χ0n) is 11.5. The molecule has 102 valence electrons. The van der Waals surface area contributed by atoms with Crippen LogP contribution in [0, 0.1) is 5.41 Å². The van der Waals surface area contributed by atoms with Gasteiger partial charge in [-0.1, -0.05) is 13.8 Å². The molecule has 0 aromatic heterocycles. The Morgan fingerprint density at radius 2 is 1.89 bits per heavy atom. The van der Waals surface area contributed by atoms with Crippen molar-refractivity contribution < 1.29 is 10.1 Å². The number of nitrogens with one attached hydrogen (secondary N) is 1. The Morgan fingerprint density at radius 1 is 1.22 bits per heavy atom. The molecule has 2 heterocycles. The third-order valence-electron chi connectivity index (χ3n) is 3.36. The van der Waals surface area contributed by atoms with Crippen molar-refractivity contribution in [3.63, 3.8) is 0 Å². The average molecular weight is 253 g/mol. The van der Waals surface area contributed by atoms with Crippen LogP contribution < -0.4 is 10.6 Å². The van der Waals surface area contributed by atoms with Crippen LogP contribution in [0.1, 0.15) is 33.1 Å². The third kappa shape index (κ3) is 4.56. The fourth-order valence-corrected chi connectivity index (χ4v) is 2.41. The standard InChI is InChI=1S/C11H18N4O.C2H6/c16-10-7-11(1-3-12-4-2-11)8-13-5-6-14-9-15-10;1-2/h5-6,12H,1-4,7-9H2,(H,15,16);1-2H3/p+1/b13-5?,14-6-;. The van der Waals surface area contributed by atoms with Crippen LogP contribution in [0.3, 0.4) is 0 Å². The maximum atomic E-state index is 11.7. The number of nitrogens with two attached hydrogens (primary N) is 1. The van der Waals surface area contributed by atoms with E-state index in [1.54, 1.807) is 12.4 Å². The predicted octanol–water partition coefficient (Wildman–Crippen LogP) is -0.0248. The summed E-state index contributed by atoms with van der Waals surface area (Å²) in [6.45, 7) is 7.33. The number of carbonyl (C=O) groups is 1. The molecule has 2 aliphatic heterocycles. The Labute approximate surface area is 109 Å². The SMILES string of the molecule is CC.O=C1CC2(CC[NH2+]CC2)CN=C/C=N\CN1. The van der Waals surface area contributed by atoms with E-state index in [1.807, 2.05) is 13.8 Å². The fourth-order valence-electron chi connectivity index (χ4n) is 2.41. The van der Waals surface area contributed by atoms with Gasteiger partial charge < -0.3 is 10.6 Å². The number of rotatable bonds is 0. The quantitative estimate of drug-likeness (QED) is 0.625. The number of piperidine rings is 1. The molecule has 0 atom stereocenters. The first kappa shape index (κ1) is 14.8. The van der Waals surface area contributed by atoms with Crippen LogP contribution in [0.15, 0.2) is 9.98 Å². The zero-order valence-corrected chi connectivity index (χ0v) is 11.5. The van der Waals surface area contributed by atoms with Crippen molar-refractivity contribution in [3.8, 4) is 0 Å². The molecule has 3 N–H and O–H groups in total. The molecular formula is C13H25N4O+. The summed E-state index contributed by atoms with van der Waals surface area (Å²) in [5, 5.41) is 5.13. The number of hydrogen-bond acceptors (Lipinski definition) is 3. The van der Waals surface area contributed by atoms with Crippen molar-refractivity contribution in [2.45, 2.75) is 33.1 Å². The van der Waals surface area contributed by atoms with Gasteiger partial charge in [-0.3, -0.25) is 14.8 Å². The van der Waals surface area contributed by atoms with E-state index in [9.17, 15) is 4.79 Å². The van der Waals surface area contributed by atoms with Crippen LogP contribution in [0.2, 0.25) is 0 Å². The van der Waals surface area contributed by atoms with Crippen LogP contribution in [0.4, 0.5) is 0 Å². The minimum Gasteiger partial charge on any atom is -0.346 e. The van der Waals surface area contributed by atoms with Gasteiger partial charge in [-0.05, 0) is 0 Å². The van der Waals surface area contributed by atoms with Crippen LogP contribution in [-0.4, -0.2) is 44.6 Å². The fraction of sp³-hybridized carbons (Fsp3) is 0.769. The van der Waals surface area contributed by atoms with Gasteiger partial charge in [-0.2, -0.15) is 0 Å². The molecule has 2 aliphatic rings. The highest BCUT2D eigenvalue weighted by atomic mass is 16.1. The summed E-state index contributed by atoms with van der Waals surface area (Å²) in [6, 6.07) is 0. The molecule has 0 bridgehead atoms. The monoisotopic (exact) mass is 253 g/mol. The lowest BCUT2D eigenvalue weighted by molar-refractivity contribution is -0.667. The summed E-state index contributed by atoms with van der Waals surface area (Å²) in [4.78, 5) is 20.1. The number of nitrogens with zero attached hydrogens (tertiary/aromatic N) is 2. The summed E-state index contributed by atoms with van der Waals surface area (Å²) in [7, 11) is 0. The van der Waals surface area contributed by atoms with Crippen LogP contribution in [0.5, 0.6) is 0 Å². The molecule has 0 aromatic carbocycles. The lowest BCUT2D eigenvalue weighted by Crippen LogP contribution is -2.87. The molecule has 1 amide bonds. The molecule has 0 unspecified atom stereocenters. The highest BCUT2D eigenvalue weighted by Crippen LogP contribution is 2.31. The summed E-state index contributed by atoms with van der Waals surface area (Å²) in [5.74, 6) is 0.108. The second kappa shape index (κ2) is 7.97. The van der Waals surface area contributed by atoms with E-state index in [-0.39, 0.29) is 11.3 Å². The van der Waals surface area contributed by atoms with E-state index in [0.717, 1.165) is 32.5 Å². The average Bonchev–Trinajstić information content (AvgIpc) is 2.41. The van der Waals surface area contributed by atoms with Crippen molar-refractivity contribution in [2.75, 3.05) is 26.3 Å². The molecule has 2 rings (SSSR count).